The molecule has 0 aliphatic heterocycles. The summed E-state index contributed by atoms with van der Waals surface area (Å²) in [5.41, 5.74) is 2.05. The van der Waals surface area contributed by atoms with Gasteiger partial charge in [0.15, 0.2) is 0 Å². The van der Waals surface area contributed by atoms with Crippen molar-refractivity contribution in [3.05, 3.63) is 71.5 Å². The Labute approximate surface area is 115 Å². The van der Waals surface area contributed by atoms with Gasteiger partial charge in [-0.15, -0.1) is 0 Å². The molecule has 0 heterocycles. The van der Waals surface area contributed by atoms with Crippen LogP contribution >= 0.6 is 0 Å². The second-order valence-corrected chi connectivity index (χ2v) is 5.14. The largest absolute Gasteiger partial charge is 0.207 e. The molecule has 0 bridgehead atoms. The summed E-state index contributed by atoms with van der Waals surface area (Å²) in [4.78, 5) is 0. The topological polar surface area (TPSA) is 0 Å². The standard InChI is InChI=1S/C17H19BF/c1-3-17(2,15-11-7-8-12-16(15)19)18-13-14-9-5-4-6-10-14/h4-12H,3,13H2,1-2H3. The van der Waals surface area contributed by atoms with Crippen molar-refractivity contribution in [1.29, 1.82) is 0 Å². The number of hydrogen-bond acceptors (Lipinski definition) is 0. The molecule has 0 aliphatic carbocycles. The van der Waals surface area contributed by atoms with Crippen LogP contribution in [0.2, 0.25) is 0 Å². The molecule has 0 nitrogen and oxygen atoms in total. The molecule has 0 aliphatic rings. The van der Waals surface area contributed by atoms with Crippen molar-refractivity contribution in [3.8, 4) is 0 Å². The third kappa shape index (κ3) is 3.26. The predicted octanol–water partition coefficient (Wildman–Crippen LogP) is 4.36. The van der Waals surface area contributed by atoms with Crippen molar-refractivity contribution in [2.45, 2.75) is 31.9 Å². The first-order chi connectivity index (χ1) is 9.15. The maximum atomic E-state index is 14.0. The molecular formula is C17H19BF. The Morgan fingerprint density at radius 2 is 1.63 bits per heavy atom. The van der Waals surface area contributed by atoms with E-state index in [0.717, 1.165) is 18.3 Å². The molecule has 0 amide bonds. The van der Waals surface area contributed by atoms with E-state index in [2.05, 4.69) is 33.3 Å². The van der Waals surface area contributed by atoms with Crippen molar-refractivity contribution in [1.82, 2.24) is 0 Å². The van der Waals surface area contributed by atoms with Gasteiger partial charge < -0.3 is 0 Å². The molecule has 2 rings (SSSR count). The van der Waals surface area contributed by atoms with Crippen LogP contribution in [0.3, 0.4) is 0 Å². The first-order valence-corrected chi connectivity index (χ1v) is 6.79. The van der Waals surface area contributed by atoms with Gasteiger partial charge >= 0.3 is 0 Å². The summed E-state index contributed by atoms with van der Waals surface area (Å²) >= 11 is 0. The third-order valence-electron chi connectivity index (χ3n) is 3.85. The van der Waals surface area contributed by atoms with E-state index in [1.165, 1.54) is 5.56 Å². The number of rotatable bonds is 5. The van der Waals surface area contributed by atoms with Crippen molar-refractivity contribution in [3.63, 3.8) is 0 Å². The average Bonchev–Trinajstić information content (AvgIpc) is 2.46. The fourth-order valence-corrected chi connectivity index (χ4v) is 2.33. The van der Waals surface area contributed by atoms with Crippen molar-refractivity contribution in [2.24, 2.45) is 0 Å². The van der Waals surface area contributed by atoms with Gasteiger partial charge in [0.1, 0.15) is 13.1 Å². The minimum atomic E-state index is -0.221. The van der Waals surface area contributed by atoms with Gasteiger partial charge in [-0.1, -0.05) is 80.7 Å². The van der Waals surface area contributed by atoms with Crippen molar-refractivity contribution < 1.29 is 4.39 Å². The Balaban J connectivity index is 2.17. The van der Waals surface area contributed by atoms with E-state index in [-0.39, 0.29) is 11.1 Å². The van der Waals surface area contributed by atoms with Gasteiger partial charge in [-0.2, -0.15) is 0 Å². The lowest BCUT2D eigenvalue weighted by atomic mass is 9.47. The van der Waals surface area contributed by atoms with Crippen LogP contribution in [-0.4, -0.2) is 7.28 Å². The summed E-state index contributed by atoms with van der Waals surface area (Å²) in [6, 6.07) is 17.4. The Hall–Kier alpha value is -1.57. The predicted molar refractivity (Wildman–Crippen MR) is 79.9 cm³/mol. The Bertz CT molecular complexity index is 524. The van der Waals surface area contributed by atoms with Crippen LogP contribution in [0, 0.1) is 5.82 Å². The fourth-order valence-electron chi connectivity index (χ4n) is 2.33. The molecule has 0 fully saturated rings. The molecular weight excluding hydrogens is 234 g/mol. The average molecular weight is 253 g/mol. The summed E-state index contributed by atoms with van der Waals surface area (Å²) < 4.78 is 14.0. The van der Waals surface area contributed by atoms with Crippen LogP contribution in [0.4, 0.5) is 4.39 Å². The molecule has 2 heteroatoms. The van der Waals surface area contributed by atoms with Gasteiger partial charge in [-0.05, 0) is 16.9 Å². The SMILES string of the molecule is CCC(C)([B]Cc1ccccc1)c1ccccc1F. The van der Waals surface area contributed by atoms with Gasteiger partial charge in [0, 0.05) is 0 Å². The van der Waals surface area contributed by atoms with Crippen LogP contribution in [-0.2, 0) is 11.6 Å². The Morgan fingerprint density at radius 1 is 1.00 bits per heavy atom. The van der Waals surface area contributed by atoms with E-state index >= 15 is 0 Å². The summed E-state index contributed by atoms with van der Waals surface area (Å²) in [6.45, 7) is 4.21. The van der Waals surface area contributed by atoms with Gasteiger partial charge in [0.2, 0.25) is 0 Å². The number of hydrogen-bond donors (Lipinski definition) is 0. The lowest BCUT2D eigenvalue weighted by Gasteiger charge is -2.29. The summed E-state index contributed by atoms with van der Waals surface area (Å²) in [6.07, 6.45) is 1.75. The summed E-state index contributed by atoms with van der Waals surface area (Å²) in [5, 5.41) is -0.221. The molecule has 2 aromatic rings. The van der Waals surface area contributed by atoms with Gasteiger partial charge in [0.25, 0.3) is 0 Å². The zero-order valence-electron chi connectivity index (χ0n) is 11.6. The lowest BCUT2D eigenvalue weighted by Crippen LogP contribution is -2.31. The van der Waals surface area contributed by atoms with Crippen LogP contribution in [0.1, 0.15) is 31.4 Å². The molecule has 97 valence electrons. The second kappa shape index (κ2) is 6.05. The molecule has 0 aromatic heterocycles. The highest BCUT2D eigenvalue weighted by Crippen LogP contribution is 2.29. The smallest absolute Gasteiger partial charge is 0.129 e. The van der Waals surface area contributed by atoms with Crippen LogP contribution < -0.4 is 0 Å². The molecule has 0 spiro atoms. The van der Waals surface area contributed by atoms with E-state index in [1.807, 2.05) is 30.3 Å². The van der Waals surface area contributed by atoms with Crippen LogP contribution in [0.15, 0.2) is 54.6 Å². The quantitative estimate of drug-likeness (QED) is 0.694. The lowest BCUT2D eigenvalue weighted by molar-refractivity contribution is 0.550. The van der Waals surface area contributed by atoms with Gasteiger partial charge in [-0.3, -0.25) is 0 Å². The monoisotopic (exact) mass is 253 g/mol. The van der Waals surface area contributed by atoms with Gasteiger partial charge in [0.05, 0.1) is 0 Å². The van der Waals surface area contributed by atoms with E-state index in [0.29, 0.717) is 0 Å². The number of benzene rings is 2. The number of halogens is 1. The van der Waals surface area contributed by atoms with E-state index < -0.39 is 0 Å². The molecule has 1 radical (unpaired) electrons. The highest BCUT2D eigenvalue weighted by Gasteiger charge is 2.27. The highest BCUT2D eigenvalue weighted by atomic mass is 19.1. The molecule has 0 N–H and O–H groups in total. The maximum Gasteiger partial charge on any atom is 0.129 e. The Morgan fingerprint density at radius 3 is 2.26 bits per heavy atom. The zero-order valence-corrected chi connectivity index (χ0v) is 11.6. The minimum absolute atomic E-state index is 0.115. The van der Waals surface area contributed by atoms with Crippen LogP contribution in [0.5, 0.6) is 0 Å². The summed E-state index contributed by atoms with van der Waals surface area (Å²) in [7, 11) is 2.22. The highest BCUT2D eigenvalue weighted by molar-refractivity contribution is 6.39. The van der Waals surface area contributed by atoms with E-state index in [4.69, 9.17) is 0 Å². The molecule has 1 atom stereocenters. The van der Waals surface area contributed by atoms with Crippen LogP contribution in [0.25, 0.3) is 0 Å². The summed E-state index contributed by atoms with van der Waals surface area (Å²) in [5.74, 6) is -0.115. The zero-order chi connectivity index (χ0) is 13.7. The van der Waals surface area contributed by atoms with E-state index in [1.54, 1.807) is 12.1 Å². The van der Waals surface area contributed by atoms with Crippen molar-refractivity contribution in [2.75, 3.05) is 0 Å². The molecule has 0 saturated heterocycles. The molecule has 19 heavy (non-hydrogen) atoms. The van der Waals surface area contributed by atoms with Gasteiger partial charge in [-0.25, -0.2) is 4.39 Å². The minimum Gasteiger partial charge on any atom is -0.207 e. The van der Waals surface area contributed by atoms with E-state index in [9.17, 15) is 4.39 Å². The molecule has 1 unspecified atom stereocenters. The molecule has 2 aromatic carbocycles. The first kappa shape index (κ1) is 13.9. The normalized spacial score (nSPS) is 13.8. The second-order valence-electron chi connectivity index (χ2n) is 5.14. The Kier molecular flexibility index (Phi) is 4.41. The fraction of sp³-hybridized carbons (Fsp3) is 0.294. The first-order valence-electron chi connectivity index (χ1n) is 6.79. The van der Waals surface area contributed by atoms with Crippen molar-refractivity contribution >= 4 is 7.28 Å². The molecule has 0 saturated carbocycles. The third-order valence-corrected chi connectivity index (χ3v) is 3.85. The maximum absolute atomic E-state index is 14.0.